The highest BCUT2D eigenvalue weighted by atomic mass is 16.3. The summed E-state index contributed by atoms with van der Waals surface area (Å²) >= 11 is 0. The number of aliphatic hydroxyl groups excluding tert-OH is 1. The maximum Gasteiger partial charge on any atom is 0.234 e. The van der Waals surface area contributed by atoms with E-state index in [1.807, 2.05) is 20.8 Å². The summed E-state index contributed by atoms with van der Waals surface area (Å²) in [7, 11) is 0. The van der Waals surface area contributed by atoms with Gasteiger partial charge in [0.15, 0.2) is 0 Å². The fourth-order valence-corrected chi connectivity index (χ4v) is 2.51. The fraction of sp³-hybridized carbons (Fsp3) is 0.929. The number of carbonyl (C=O) groups excluding carboxylic acids is 1. The first-order valence-electron chi connectivity index (χ1n) is 7.38. The molecule has 0 radical (unpaired) electrons. The Morgan fingerprint density at radius 1 is 1.32 bits per heavy atom. The molecule has 5 heteroatoms. The minimum Gasteiger partial charge on any atom is -0.392 e. The van der Waals surface area contributed by atoms with Gasteiger partial charge in [-0.2, -0.15) is 0 Å². The van der Waals surface area contributed by atoms with Gasteiger partial charge in [-0.25, -0.2) is 0 Å². The average Bonchev–Trinajstić information content (AvgIpc) is 2.29. The molecule has 112 valence electrons. The standard InChI is InChI=1S/C14H29N3O2/c1-11(2)16-14(19)9-15-8-13-4-6-17(7-5-13)10-12(3)18/h11-13,15,18H,4-10H2,1-3H3,(H,16,19). The van der Waals surface area contributed by atoms with Crippen LogP contribution in [0.5, 0.6) is 0 Å². The van der Waals surface area contributed by atoms with Crippen LogP contribution in [0.15, 0.2) is 0 Å². The summed E-state index contributed by atoms with van der Waals surface area (Å²) < 4.78 is 0. The second-order valence-electron chi connectivity index (χ2n) is 5.95. The van der Waals surface area contributed by atoms with Gasteiger partial charge in [0.1, 0.15) is 0 Å². The molecule has 0 aromatic rings. The maximum absolute atomic E-state index is 11.5. The number of hydrogen-bond donors (Lipinski definition) is 3. The van der Waals surface area contributed by atoms with Gasteiger partial charge in [0, 0.05) is 12.6 Å². The van der Waals surface area contributed by atoms with Gasteiger partial charge in [0.25, 0.3) is 0 Å². The number of rotatable bonds is 7. The number of nitrogens with one attached hydrogen (secondary N) is 2. The lowest BCUT2D eigenvalue weighted by molar-refractivity contribution is -0.120. The van der Waals surface area contributed by atoms with Crippen LogP contribution in [0.25, 0.3) is 0 Å². The Kier molecular flexibility index (Phi) is 7.34. The summed E-state index contributed by atoms with van der Waals surface area (Å²) in [5.74, 6) is 0.721. The molecule has 19 heavy (non-hydrogen) atoms. The van der Waals surface area contributed by atoms with E-state index in [1.54, 1.807) is 0 Å². The third-order valence-corrected chi connectivity index (χ3v) is 3.40. The first kappa shape index (κ1) is 16.4. The average molecular weight is 271 g/mol. The van der Waals surface area contributed by atoms with Crippen LogP contribution in [0.4, 0.5) is 0 Å². The van der Waals surface area contributed by atoms with Crippen LogP contribution >= 0.6 is 0 Å². The molecule has 1 heterocycles. The molecule has 1 rings (SSSR count). The number of nitrogens with zero attached hydrogens (tertiary/aromatic N) is 1. The Balaban J connectivity index is 2.08. The summed E-state index contributed by atoms with van der Waals surface area (Å²) in [6, 6.07) is 0.206. The molecule has 1 atom stereocenters. The second kappa shape index (κ2) is 8.51. The molecule has 5 nitrogen and oxygen atoms in total. The largest absolute Gasteiger partial charge is 0.392 e. The number of piperidine rings is 1. The summed E-state index contributed by atoms with van der Waals surface area (Å²) in [5.41, 5.74) is 0. The Bertz CT molecular complexity index is 261. The van der Waals surface area contributed by atoms with E-state index in [1.165, 1.54) is 0 Å². The van der Waals surface area contributed by atoms with Crippen molar-refractivity contribution >= 4 is 5.91 Å². The number of amides is 1. The minimum atomic E-state index is -0.241. The van der Waals surface area contributed by atoms with Crippen LogP contribution in [0.1, 0.15) is 33.6 Å². The van der Waals surface area contributed by atoms with Crippen LogP contribution in [-0.2, 0) is 4.79 Å². The molecular weight excluding hydrogens is 242 g/mol. The lowest BCUT2D eigenvalue weighted by atomic mass is 9.96. The molecule has 1 aliphatic rings. The van der Waals surface area contributed by atoms with Crippen LogP contribution in [0, 0.1) is 5.92 Å². The quantitative estimate of drug-likeness (QED) is 0.619. The molecule has 0 aromatic carbocycles. The van der Waals surface area contributed by atoms with Crippen molar-refractivity contribution in [2.45, 2.75) is 45.8 Å². The highest BCUT2D eigenvalue weighted by Crippen LogP contribution is 2.16. The number of aliphatic hydroxyl groups is 1. The monoisotopic (exact) mass is 271 g/mol. The highest BCUT2D eigenvalue weighted by molar-refractivity contribution is 5.78. The van der Waals surface area contributed by atoms with Crippen molar-refractivity contribution in [2.24, 2.45) is 5.92 Å². The molecular formula is C14H29N3O2. The topological polar surface area (TPSA) is 64.6 Å². The lowest BCUT2D eigenvalue weighted by Crippen LogP contribution is -2.42. The van der Waals surface area contributed by atoms with Gasteiger partial charge < -0.3 is 20.6 Å². The molecule has 0 saturated carbocycles. The van der Waals surface area contributed by atoms with Crippen LogP contribution in [0.2, 0.25) is 0 Å². The normalized spacial score (nSPS) is 19.6. The summed E-state index contributed by atoms with van der Waals surface area (Å²) in [6.45, 7) is 9.97. The third kappa shape index (κ3) is 7.50. The molecule has 0 aromatic heterocycles. The Hall–Kier alpha value is -0.650. The molecule has 1 aliphatic heterocycles. The van der Waals surface area contributed by atoms with E-state index in [0.717, 1.165) is 39.0 Å². The predicted molar refractivity (Wildman–Crippen MR) is 77.0 cm³/mol. The van der Waals surface area contributed by atoms with Crippen LogP contribution in [-0.4, -0.2) is 60.8 Å². The van der Waals surface area contributed by atoms with Gasteiger partial charge in [0.05, 0.1) is 12.6 Å². The van der Waals surface area contributed by atoms with Crippen LogP contribution < -0.4 is 10.6 Å². The van der Waals surface area contributed by atoms with Gasteiger partial charge in [-0.3, -0.25) is 4.79 Å². The number of carbonyl (C=O) groups is 1. The Labute approximate surface area is 116 Å². The first-order chi connectivity index (χ1) is 8.97. The molecule has 1 amide bonds. The smallest absolute Gasteiger partial charge is 0.234 e. The predicted octanol–water partition coefficient (Wildman–Crippen LogP) is 0.193. The van der Waals surface area contributed by atoms with Gasteiger partial charge in [-0.15, -0.1) is 0 Å². The first-order valence-corrected chi connectivity index (χ1v) is 7.38. The van der Waals surface area contributed by atoms with E-state index in [2.05, 4.69) is 15.5 Å². The Morgan fingerprint density at radius 2 is 1.95 bits per heavy atom. The van der Waals surface area contributed by atoms with Crippen molar-refractivity contribution in [3.8, 4) is 0 Å². The lowest BCUT2D eigenvalue weighted by Gasteiger charge is -2.32. The molecule has 3 N–H and O–H groups in total. The van der Waals surface area contributed by atoms with Gasteiger partial charge in [0.2, 0.25) is 5.91 Å². The van der Waals surface area contributed by atoms with E-state index in [0.29, 0.717) is 12.5 Å². The second-order valence-corrected chi connectivity index (χ2v) is 5.95. The number of hydrogen-bond acceptors (Lipinski definition) is 4. The van der Waals surface area contributed by atoms with Crippen molar-refractivity contribution in [3.05, 3.63) is 0 Å². The van der Waals surface area contributed by atoms with E-state index in [4.69, 9.17) is 0 Å². The summed E-state index contributed by atoms with van der Waals surface area (Å²) in [5, 5.41) is 15.5. The zero-order chi connectivity index (χ0) is 14.3. The zero-order valence-electron chi connectivity index (χ0n) is 12.5. The van der Waals surface area contributed by atoms with E-state index < -0.39 is 0 Å². The Morgan fingerprint density at radius 3 is 2.47 bits per heavy atom. The fourth-order valence-electron chi connectivity index (χ4n) is 2.51. The molecule has 1 unspecified atom stereocenters. The van der Waals surface area contributed by atoms with E-state index in [-0.39, 0.29) is 18.1 Å². The van der Waals surface area contributed by atoms with E-state index >= 15 is 0 Å². The van der Waals surface area contributed by atoms with Crippen molar-refractivity contribution in [1.29, 1.82) is 0 Å². The third-order valence-electron chi connectivity index (χ3n) is 3.40. The van der Waals surface area contributed by atoms with Crippen LogP contribution in [0.3, 0.4) is 0 Å². The molecule has 0 bridgehead atoms. The molecule has 0 aliphatic carbocycles. The highest BCUT2D eigenvalue weighted by Gasteiger charge is 2.19. The van der Waals surface area contributed by atoms with Gasteiger partial charge >= 0.3 is 0 Å². The summed E-state index contributed by atoms with van der Waals surface area (Å²) in [4.78, 5) is 13.8. The number of β-amino-alcohol motifs (C(OH)–C–C–N with tert-alkyl or cyclic N) is 1. The van der Waals surface area contributed by atoms with Gasteiger partial charge in [-0.05, 0) is 59.2 Å². The summed E-state index contributed by atoms with van der Waals surface area (Å²) in [6.07, 6.45) is 2.05. The van der Waals surface area contributed by atoms with Gasteiger partial charge in [-0.1, -0.05) is 0 Å². The SMILES string of the molecule is CC(O)CN1CCC(CNCC(=O)NC(C)C)CC1. The van der Waals surface area contributed by atoms with Crippen molar-refractivity contribution in [2.75, 3.05) is 32.7 Å². The van der Waals surface area contributed by atoms with Crippen molar-refractivity contribution < 1.29 is 9.90 Å². The van der Waals surface area contributed by atoms with Crippen molar-refractivity contribution in [3.63, 3.8) is 0 Å². The minimum absolute atomic E-state index is 0.0709. The maximum atomic E-state index is 11.5. The molecule has 1 saturated heterocycles. The van der Waals surface area contributed by atoms with Crippen molar-refractivity contribution in [1.82, 2.24) is 15.5 Å². The van der Waals surface area contributed by atoms with E-state index in [9.17, 15) is 9.90 Å². The molecule has 1 fully saturated rings. The zero-order valence-corrected chi connectivity index (χ0v) is 12.5. The molecule has 0 spiro atoms. The number of likely N-dealkylation sites (tertiary alicyclic amines) is 1.